The number of rotatable bonds is 5. The van der Waals surface area contributed by atoms with E-state index in [-0.39, 0.29) is 25.4 Å². The number of carbonyl (C=O) groups is 1. The maximum Gasteiger partial charge on any atom is 2.00 e. The third-order valence-electron chi connectivity index (χ3n) is 3.45. The molecule has 106 valence electrons. The first-order chi connectivity index (χ1) is 9.37. The Labute approximate surface area is 145 Å². The van der Waals surface area contributed by atoms with Crippen molar-refractivity contribution in [2.24, 2.45) is 5.92 Å². The second kappa shape index (κ2) is 6.90. The van der Waals surface area contributed by atoms with E-state index in [0.717, 1.165) is 10.2 Å². The predicted octanol–water partition coefficient (Wildman–Crippen LogP) is 1.02. The number of benzene rings is 1. The van der Waals surface area contributed by atoms with E-state index in [0.29, 0.717) is 5.01 Å². The summed E-state index contributed by atoms with van der Waals surface area (Å²) in [6.07, 6.45) is -0.438. The minimum absolute atomic E-state index is 0. The van der Waals surface area contributed by atoms with Crippen LogP contribution in [-0.4, -0.2) is 16.0 Å². The summed E-state index contributed by atoms with van der Waals surface area (Å²) in [7, 11) is 0. The molecule has 0 spiro atoms. The second-order valence-electron chi connectivity index (χ2n) is 4.95. The van der Waals surface area contributed by atoms with Crippen LogP contribution < -0.4 is 10.2 Å². The van der Waals surface area contributed by atoms with Crippen LogP contribution in [-0.2, 0) is 29.7 Å². The molecule has 0 bridgehead atoms. The van der Waals surface area contributed by atoms with E-state index in [2.05, 4.69) is 4.98 Å². The van der Waals surface area contributed by atoms with E-state index in [1.165, 1.54) is 11.3 Å². The van der Waals surface area contributed by atoms with Crippen molar-refractivity contribution in [1.82, 2.24) is 4.98 Å². The van der Waals surface area contributed by atoms with Gasteiger partial charge in [0.2, 0.25) is 0 Å². The molecule has 0 saturated carbocycles. The monoisotopic (exact) mass is 371 g/mol. The minimum atomic E-state index is -1.30. The summed E-state index contributed by atoms with van der Waals surface area (Å²) in [5, 5.41) is 22.9. The van der Waals surface area contributed by atoms with E-state index < -0.39 is 22.9 Å². The molecule has 0 fully saturated rings. The summed E-state index contributed by atoms with van der Waals surface area (Å²) >= 11 is 6.14. The number of para-hydroxylation sites is 1. The van der Waals surface area contributed by atoms with Gasteiger partial charge in [-0.3, -0.25) is 0 Å². The van der Waals surface area contributed by atoms with Gasteiger partial charge in [-0.15, -0.1) is 23.6 Å². The zero-order chi connectivity index (χ0) is 14.9. The standard InChI is InChI=1S/C14H15NO3S2.Zn/c1-8(2)14(13(18)19,7-11(16)17)12-15-9-5-3-4-6-10(9)20-12;/h3-6,8H,7H2,1-2H3,(H,16,17)(H,18,19);/q;+2/p-2. The molecule has 1 unspecified atom stereocenters. The van der Waals surface area contributed by atoms with E-state index in [4.69, 9.17) is 12.2 Å². The molecule has 2 aromatic rings. The number of nitrogens with zero attached hydrogens (tertiary/aromatic N) is 1. The topological polar surface area (TPSA) is 76.1 Å². The number of thiocarbonyl (C=S) groups is 1. The summed E-state index contributed by atoms with van der Waals surface area (Å²) in [6, 6.07) is 7.43. The van der Waals surface area contributed by atoms with E-state index in [1.807, 2.05) is 24.3 Å². The normalized spacial score (nSPS) is 13.7. The Bertz CT molecular complexity index is 638. The zero-order valence-electron chi connectivity index (χ0n) is 11.8. The van der Waals surface area contributed by atoms with Gasteiger partial charge in [0.1, 0.15) is 5.01 Å². The summed E-state index contributed by atoms with van der Waals surface area (Å²) in [5.74, 6) is -1.57. The molecule has 0 saturated heterocycles. The number of carboxylic acid groups (broad SMARTS) is 1. The molecule has 21 heavy (non-hydrogen) atoms. The number of fused-ring (bicyclic) bond motifs is 1. The Morgan fingerprint density at radius 2 is 2.00 bits per heavy atom. The smallest absolute Gasteiger partial charge is 0.867 e. The summed E-state index contributed by atoms with van der Waals surface area (Å²) < 4.78 is 0.905. The first-order valence-corrected chi connectivity index (χ1v) is 7.37. The molecule has 2 rings (SSSR count). The van der Waals surface area contributed by atoms with Gasteiger partial charge in [0.25, 0.3) is 0 Å². The molecule has 0 aliphatic rings. The summed E-state index contributed by atoms with van der Waals surface area (Å²) in [5.41, 5.74) is -0.551. The fourth-order valence-corrected chi connectivity index (χ4v) is 3.98. The molecule has 1 aromatic carbocycles. The van der Waals surface area contributed by atoms with Crippen molar-refractivity contribution < 1.29 is 34.5 Å². The first kappa shape index (κ1) is 18.1. The largest absolute Gasteiger partial charge is 2.00 e. The van der Waals surface area contributed by atoms with Crippen LogP contribution in [0.3, 0.4) is 0 Å². The predicted molar refractivity (Wildman–Crippen MR) is 78.4 cm³/mol. The van der Waals surface area contributed by atoms with Crippen LogP contribution >= 0.6 is 23.6 Å². The third kappa shape index (κ3) is 3.30. The van der Waals surface area contributed by atoms with Crippen molar-refractivity contribution in [3.05, 3.63) is 29.3 Å². The van der Waals surface area contributed by atoms with Crippen molar-refractivity contribution >= 4 is 44.8 Å². The minimum Gasteiger partial charge on any atom is -0.867 e. The van der Waals surface area contributed by atoms with Gasteiger partial charge in [-0.05, 0) is 18.1 Å². The van der Waals surface area contributed by atoms with Crippen LogP contribution in [0.1, 0.15) is 25.3 Å². The van der Waals surface area contributed by atoms with Gasteiger partial charge in [0.05, 0.1) is 15.6 Å². The molecule has 0 amide bonds. The summed E-state index contributed by atoms with van der Waals surface area (Å²) in [6.45, 7) is 3.55. The van der Waals surface area contributed by atoms with Gasteiger partial charge in [0.15, 0.2) is 0 Å². The third-order valence-corrected chi connectivity index (χ3v) is 5.03. The van der Waals surface area contributed by atoms with Crippen molar-refractivity contribution in [1.29, 1.82) is 0 Å². The van der Waals surface area contributed by atoms with Gasteiger partial charge in [-0.1, -0.05) is 31.0 Å². The Balaban J connectivity index is 0.00000220. The Morgan fingerprint density at radius 3 is 2.48 bits per heavy atom. The number of thiazole rings is 1. The quantitative estimate of drug-likeness (QED) is 0.578. The number of aliphatic carboxylic acids is 1. The molecule has 0 radical (unpaired) electrons. The number of carboxylic acids is 1. The Kier molecular flexibility index (Phi) is 5.96. The van der Waals surface area contributed by atoms with Crippen molar-refractivity contribution in [2.75, 3.05) is 0 Å². The maximum atomic E-state index is 12.0. The van der Waals surface area contributed by atoms with Gasteiger partial charge in [-0.2, -0.15) is 0 Å². The van der Waals surface area contributed by atoms with Crippen molar-refractivity contribution in [2.45, 2.75) is 25.7 Å². The SMILES string of the molecule is CC(C)C(CC(=O)[O-])(C([O-])=S)c1nc2ccccc2s1.[Zn+2]. The van der Waals surface area contributed by atoms with Gasteiger partial charge >= 0.3 is 19.5 Å². The average Bonchev–Trinajstić information content (AvgIpc) is 2.78. The summed E-state index contributed by atoms with van der Waals surface area (Å²) in [4.78, 5) is 15.5. The Hall–Kier alpha value is -0.907. The van der Waals surface area contributed by atoms with Crippen LogP contribution in [0.5, 0.6) is 0 Å². The maximum absolute atomic E-state index is 12.0. The molecule has 0 aliphatic heterocycles. The fourth-order valence-electron chi connectivity index (χ4n) is 2.21. The first-order valence-electron chi connectivity index (χ1n) is 6.15. The molecule has 4 nitrogen and oxygen atoms in total. The zero-order valence-corrected chi connectivity index (χ0v) is 16.4. The fraction of sp³-hybridized carbons (Fsp3) is 0.357. The van der Waals surface area contributed by atoms with Gasteiger partial charge in [0, 0.05) is 12.4 Å². The molecular formula is C14H13NO3S2Zn. The van der Waals surface area contributed by atoms with Crippen LogP contribution in [0.4, 0.5) is 0 Å². The average molecular weight is 373 g/mol. The van der Waals surface area contributed by atoms with Gasteiger partial charge in [-0.25, -0.2) is 4.98 Å². The number of hydrogen-bond donors (Lipinski definition) is 0. The molecule has 1 heterocycles. The van der Waals surface area contributed by atoms with E-state index >= 15 is 0 Å². The molecule has 0 N–H and O–H groups in total. The molecule has 1 atom stereocenters. The van der Waals surface area contributed by atoms with Crippen molar-refractivity contribution in [3.63, 3.8) is 0 Å². The second-order valence-corrected chi connectivity index (χ2v) is 6.35. The number of carbonyl (C=O) groups excluding carboxylic acids is 1. The van der Waals surface area contributed by atoms with E-state index in [1.54, 1.807) is 13.8 Å². The Morgan fingerprint density at radius 1 is 1.38 bits per heavy atom. The number of hydrogen-bond acceptors (Lipinski definition) is 6. The molecule has 0 aliphatic carbocycles. The molecule has 1 aromatic heterocycles. The van der Waals surface area contributed by atoms with Crippen LogP contribution in [0.2, 0.25) is 0 Å². The molecular weight excluding hydrogens is 360 g/mol. The van der Waals surface area contributed by atoms with E-state index in [9.17, 15) is 15.0 Å². The molecule has 7 heteroatoms. The number of aromatic nitrogens is 1. The van der Waals surface area contributed by atoms with Crippen molar-refractivity contribution in [3.8, 4) is 0 Å². The van der Waals surface area contributed by atoms with Crippen LogP contribution in [0, 0.1) is 5.92 Å². The van der Waals surface area contributed by atoms with Gasteiger partial charge < -0.3 is 15.0 Å². The van der Waals surface area contributed by atoms with Crippen LogP contribution in [0.25, 0.3) is 10.2 Å². The van der Waals surface area contributed by atoms with Crippen LogP contribution in [0.15, 0.2) is 24.3 Å².